The van der Waals surface area contributed by atoms with Crippen LogP contribution in [0.1, 0.15) is 17.6 Å². The summed E-state index contributed by atoms with van der Waals surface area (Å²) in [6, 6.07) is 14.0. The lowest BCUT2D eigenvalue weighted by Gasteiger charge is -2.10. The molecule has 0 aliphatic rings. The van der Waals surface area contributed by atoms with Crippen LogP contribution in [0.5, 0.6) is 5.75 Å². The molecule has 0 saturated heterocycles. The summed E-state index contributed by atoms with van der Waals surface area (Å²) in [5.74, 6) is -1.01. The van der Waals surface area contributed by atoms with Crippen molar-refractivity contribution in [2.75, 3.05) is 5.32 Å². The molecule has 2 aromatic carbocycles. The minimum absolute atomic E-state index is 0.000222. The molecule has 0 saturated carbocycles. The van der Waals surface area contributed by atoms with Crippen LogP contribution in [0.2, 0.25) is 0 Å². The van der Waals surface area contributed by atoms with E-state index in [0.29, 0.717) is 5.69 Å². The monoisotopic (exact) mass is 376 g/mol. The number of hydrogen-bond donors (Lipinski definition) is 1. The van der Waals surface area contributed by atoms with Gasteiger partial charge in [0.2, 0.25) is 11.8 Å². The maximum atomic E-state index is 12.3. The second-order valence-electron chi connectivity index (χ2n) is 5.76. The van der Waals surface area contributed by atoms with Crippen LogP contribution in [0.15, 0.2) is 60.8 Å². The van der Waals surface area contributed by atoms with Gasteiger partial charge in [0.1, 0.15) is 5.75 Å². The van der Waals surface area contributed by atoms with Crippen molar-refractivity contribution >= 4 is 28.4 Å². The molecule has 140 valence electrons. The number of alkyl halides is 3. The van der Waals surface area contributed by atoms with Gasteiger partial charge in [-0.3, -0.25) is 14.2 Å². The first-order chi connectivity index (χ1) is 12.8. The summed E-state index contributed by atoms with van der Waals surface area (Å²) in [6.45, 7) is 0. The highest BCUT2D eigenvalue weighted by Gasteiger charge is 2.30. The number of nitrogens with zero attached hydrogens (tertiary/aromatic N) is 1. The first-order valence-corrected chi connectivity index (χ1v) is 8.07. The second kappa shape index (κ2) is 7.53. The molecule has 0 atom stereocenters. The van der Waals surface area contributed by atoms with Crippen molar-refractivity contribution in [2.24, 2.45) is 0 Å². The Morgan fingerprint density at radius 2 is 1.67 bits per heavy atom. The van der Waals surface area contributed by atoms with Gasteiger partial charge in [-0.1, -0.05) is 18.2 Å². The number of hydrogen-bond acceptors (Lipinski definition) is 3. The van der Waals surface area contributed by atoms with Gasteiger partial charge < -0.3 is 10.1 Å². The molecule has 0 aliphatic carbocycles. The SMILES string of the molecule is O=C(CCC(=O)n1ccc2ccccc21)Nc1ccc(OC(F)(F)F)cc1. The summed E-state index contributed by atoms with van der Waals surface area (Å²) < 4.78 is 41.6. The number of rotatable bonds is 5. The van der Waals surface area contributed by atoms with E-state index in [0.717, 1.165) is 23.0 Å². The first kappa shape index (κ1) is 18.5. The number of benzene rings is 2. The van der Waals surface area contributed by atoms with Crippen LogP contribution in [0.4, 0.5) is 18.9 Å². The first-order valence-electron chi connectivity index (χ1n) is 8.07. The summed E-state index contributed by atoms with van der Waals surface area (Å²) >= 11 is 0. The molecule has 3 aromatic rings. The van der Waals surface area contributed by atoms with Crippen molar-refractivity contribution in [1.82, 2.24) is 4.57 Å². The average molecular weight is 376 g/mol. The van der Waals surface area contributed by atoms with Gasteiger partial charge in [0.15, 0.2) is 0 Å². The predicted molar refractivity (Wildman–Crippen MR) is 93.6 cm³/mol. The van der Waals surface area contributed by atoms with E-state index in [2.05, 4.69) is 10.1 Å². The number of fused-ring (bicyclic) bond motifs is 1. The van der Waals surface area contributed by atoms with E-state index < -0.39 is 12.3 Å². The summed E-state index contributed by atoms with van der Waals surface area (Å²) in [6.07, 6.45) is -3.16. The lowest BCUT2D eigenvalue weighted by atomic mass is 10.2. The highest BCUT2D eigenvalue weighted by Crippen LogP contribution is 2.24. The molecule has 0 radical (unpaired) electrons. The van der Waals surface area contributed by atoms with E-state index in [1.807, 2.05) is 30.3 Å². The lowest BCUT2D eigenvalue weighted by Crippen LogP contribution is -2.17. The van der Waals surface area contributed by atoms with Gasteiger partial charge >= 0.3 is 6.36 Å². The number of carbonyl (C=O) groups excluding carboxylic acids is 2. The van der Waals surface area contributed by atoms with Crippen molar-refractivity contribution in [3.05, 3.63) is 60.8 Å². The van der Waals surface area contributed by atoms with E-state index in [9.17, 15) is 22.8 Å². The Kier molecular flexibility index (Phi) is 5.16. The molecule has 0 unspecified atom stereocenters. The minimum atomic E-state index is -4.77. The van der Waals surface area contributed by atoms with Gasteiger partial charge in [-0.05, 0) is 36.4 Å². The molecule has 0 spiro atoms. The third kappa shape index (κ3) is 4.87. The van der Waals surface area contributed by atoms with Crippen molar-refractivity contribution < 1.29 is 27.5 Å². The van der Waals surface area contributed by atoms with Crippen molar-refractivity contribution in [3.8, 4) is 5.75 Å². The van der Waals surface area contributed by atoms with Gasteiger partial charge in [0, 0.05) is 30.1 Å². The Hall–Kier alpha value is -3.29. The largest absolute Gasteiger partial charge is 0.573 e. The van der Waals surface area contributed by atoms with Crippen LogP contribution in [0.25, 0.3) is 10.9 Å². The molecule has 0 bridgehead atoms. The summed E-state index contributed by atoms with van der Waals surface area (Å²) in [5.41, 5.74) is 1.08. The van der Waals surface area contributed by atoms with Gasteiger partial charge in [-0.25, -0.2) is 0 Å². The number of para-hydroxylation sites is 1. The third-order valence-electron chi connectivity index (χ3n) is 3.81. The summed E-state index contributed by atoms with van der Waals surface area (Å²) in [5, 5.41) is 3.46. The maximum Gasteiger partial charge on any atom is 0.573 e. The highest BCUT2D eigenvalue weighted by molar-refractivity contribution is 5.96. The Morgan fingerprint density at radius 1 is 0.963 bits per heavy atom. The molecule has 1 amide bonds. The fourth-order valence-electron chi connectivity index (χ4n) is 2.60. The number of aromatic nitrogens is 1. The smallest absolute Gasteiger partial charge is 0.406 e. The van der Waals surface area contributed by atoms with E-state index >= 15 is 0 Å². The van der Waals surface area contributed by atoms with Gasteiger partial charge in [-0.2, -0.15) is 0 Å². The number of carbonyl (C=O) groups is 2. The fourth-order valence-corrected chi connectivity index (χ4v) is 2.60. The molecule has 0 fully saturated rings. The quantitative estimate of drug-likeness (QED) is 0.708. The summed E-state index contributed by atoms with van der Waals surface area (Å²) in [4.78, 5) is 24.3. The molecule has 5 nitrogen and oxygen atoms in total. The average Bonchev–Trinajstić information content (AvgIpc) is 3.04. The number of ether oxygens (including phenoxy) is 1. The highest BCUT2D eigenvalue weighted by atomic mass is 19.4. The van der Waals surface area contributed by atoms with Crippen LogP contribution < -0.4 is 10.1 Å². The van der Waals surface area contributed by atoms with E-state index in [1.165, 1.54) is 16.7 Å². The van der Waals surface area contributed by atoms with Crippen LogP contribution in [-0.4, -0.2) is 22.7 Å². The molecule has 1 aromatic heterocycles. The number of halogens is 3. The van der Waals surface area contributed by atoms with Gasteiger partial charge in [0.25, 0.3) is 0 Å². The van der Waals surface area contributed by atoms with Crippen LogP contribution in [0, 0.1) is 0 Å². The molecule has 0 aliphatic heterocycles. The topological polar surface area (TPSA) is 60.3 Å². The predicted octanol–water partition coefficient (Wildman–Crippen LogP) is 4.60. The standard InChI is InChI=1S/C19H15F3N2O3/c20-19(21,22)27-15-7-5-14(6-8-15)23-17(25)9-10-18(26)24-12-11-13-3-1-2-4-16(13)24/h1-8,11-12H,9-10H2,(H,23,25). The summed E-state index contributed by atoms with van der Waals surface area (Å²) in [7, 11) is 0. The number of anilines is 1. The van der Waals surface area contributed by atoms with E-state index in [1.54, 1.807) is 6.20 Å². The molecular weight excluding hydrogens is 361 g/mol. The third-order valence-corrected chi connectivity index (χ3v) is 3.81. The number of nitrogens with one attached hydrogen (secondary N) is 1. The fraction of sp³-hybridized carbons (Fsp3) is 0.158. The van der Waals surface area contributed by atoms with Crippen molar-refractivity contribution in [1.29, 1.82) is 0 Å². The molecular formula is C19H15F3N2O3. The molecule has 8 heteroatoms. The molecule has 1 N–H and O–H groups in total. The second-order valence-corrected chi connectivity index (χ2v) is 5.76. The Bertz CT molecular complexity index is 962. The normalized spacial score (nSPS) is 11.4. The zero-order valence-electron chi connectivity index (χ0n) is 14.0. The van der Waals surface area contributed by atoms with E-state index in [4.69, 9.17) is 0 Å². The molecule has 3 rings (SSSR count). The van der Waals surface area contributed by atoms with Crippen LogP contribution in [-0.2, 0) is 4.79 Å². The van der Waals surface area contributed by atoms with Crippen molar-refractivity contribution in [2.45, 2.75) is 19.2 Å². The zero-order valence-corrected chi connectivity index (χ0v) is 14.0. The van der Waals surface area contributed by atoms with Crippen molar-refractivity contribution in [3.63, 3.8) is 0 Å². The minimum Gasteiger partial charge on any atom is -0.406 e. The maximum absolute atomic E-state index is 12.3. The molecule has 27 heavy (non-hydrogen) atoms. The Labute approximate surface area is 152 Å². The van der Waals surface area contributed by atoms with Crippen LogP contribution >= 0.6 is 0 Å². The lowest BCUT2D eigenvalue weighted by molar-refractivity contribution is -0.274. The van der Waals surface area contributed by atoms with Crippen LogP contribution in [0.3, 0.4) is 0 Å². The Morgan fingerprint density at radius 3 is 2.37 bits per heavy atom. The zero-order chi connectivity index (χ0) is 19.4. The van der Waals surface area contributed by atoms with Gasteiger partial charge in [-0.15, -0.1) is 13.2 Å². The number of amides is 1. The Balaban J connectivity index is 1.54. The molecule has 1 heterocycles. The van der Waals surface area contributed by atoms with E-state index in [-0.39, 0.29) is 24.5 Å². The van der Waals surface area contributed by atoms with Gasteiger partial charge in [0.05, 0.1) is 5.52 Å².